The van der Waals surface area contributed by atoms with E-state index < -0.39 is 0 Å². The molecule has 7 nitrogen and oxygen atoms in total. The van der Waals surface area contributed by atoms with Gasteiger partial charge in [0.1, 0.15) is 11.9 Å². The highest BCUT2D eigenvalue weighted by Gasteiger charge is 2.32. The smallest absolute Gasteiger partial charge is 0.254 e. The van der Waals surface area contributed by atoms with Crippen molar-refractivity contribution in [2.45, 2.75) is 31.9 Å². The van der Waals surface area contributed by atoms with Crippen molar-refractivity contribution in [1.82, 2.24) is 9.47 Å². The standard InChI is InChI=1S/C22H22N2O5/c1-14-8-17(10-22(26)24(14)16-4-5-16)29-18-11-23(12-18)21(25)7-3-15-2-6-19-20(9-15)28-13-27-19/h2-3,6-10,16,18H,4-5,11-13H2,1H3/b7-3+. The molecule has 0 atom stereocenters. The Bertz CT molecular complexity index is 1050. The number of likely N-dealkylation sites (tertiary alicyclic amines) is 1. The van der Waals surface area contributed by atoms with Gasteiger partial charge in [-0.1, -0.05) is 6.07 Å². The summed E-state index contributed by atoms with van der Waals surface area (Å²) in [5.74, 6) is 1.92. The van der Waals surface area contributed by atoms with Gasteiger partial charge in [-0.3, -0.25) is 9.59 Å². The van der Waals surface area contributed by atoms with Crippen LogP contribution in [0.5, 0.6) is 17.2 Å². The fourth-order valence-corrected chi connectivity index (χ4v) is 3.73. The topological polar surface area (TPSA) is 70.0 Å². The van der Waals surface area contributed by atoms with Gasteiger partial charge in [0, 0.05) is 23.9 Å². The molecule has 3 heterocycles. The van der Waals surface area contributed by atoms with Crippen molar-refractivity contribution in [2.75, 3.05) is 19.9 Å². The Labute approximate surface area is 168 Å². The molecule has 1 saturated carbocycles. The molecule has 1 aromatic carbocycles. The van der Waals surface area contributed by atoms with E-state index >= 15 is 0 Å². The molecule has 3 aliphatic rings. The first kappa shape index (κ1) is 17.8. The summed E-state index contributed by atoms with van der Waals surface area (Å²) in [6, 6.07) is 9.37. The molecular formula is C22H22N2O5. The van der Waals surface area contributed by atoms with Crippen molar-refractivity contribution in [3.63, 3.8) is 0 Å². The number of amides is 1. The molecule has 0 N–H and O–H groups in total. The molecule has 0 spiro atoms. The third-order valence-electron chi connectivity index (χ3n) is 5.42. The normalized spacial score (nSPS) is 18.2. The van der Waals surface area contributed by atoms with Crippen LogP contribution in [0.1, 0.15) is 30.1 Å². The number of rotatable bonds is 5. The van der Waals surface area contributed by atoms with Gasteiger partial charge in [-0.25, -0.2) is 0 Å². The van der Waals surface area contributed by atoms with Crippen LogP contribution in [-0.4, -0.2) is 41.4 Å². The average molecular weight is 394 g/mol. The van der Waals surface area contributed by atoms with Gasteiger partial charge in [-0.15, -0.1) is 0 Å². The van der Waals surface area contributed by atoms with Crippen LogP contribution in [0.2, 0.25) is 0 Å². The molecular weight excluding hydrogens is 372 g/mol. The van der Waals surface area contributed by atoms with E-state index in [0.29, 0.717) is 30.6 Å². The number of nitrogens with zero attached hydrogens (tertiary/aromatic N) is 2. The first-order chi connectivity index (χ1) is 14.1. The Morgan fingerprint density at radius 1 is 1.14 bits per heavy atom. The quantitative estimate of drug-likeness (QED) is 0.729. The number of fused-ring (bicyclic) bond motifs is 1. The maximum Gasteiger partial charge on any atom is 0.254 e. The summed E-state index contributed by atoms with van der Waals surface area (Å²) in [5, 5.41) is 0. The number of ether oxygens (including phenoxy) is 3. The zero-order valence-corrected chi connectivity index (χ0v) is 16.2. The van der Waals surface area contributed by atoms with Crippen molar-refractivity contribution in [3.8, 4) is 17.2 Å². The molecule has 150 valence electrons. The summed E-state index contributed by atoms with van der Waals surface area (Å²) in [6.07, 6.45) is 5.36. The van der Waals surface area contributed by atoms with Crippen molar-refractivity contribution >= 4 is 12.0 Å². The Hall–Kier alpha value is -3.22. The van der Waals surface area contributed by atoms with E-state index in [1.54, 1.807) is 23.1 Å². The lowest BCUT2D eigenvalue weighted by atomic mass is 10.1. The SMILES string of the molecule is Cc1cc(OC2CN(C(=O)/C=C/c3ccc4c(c3)OCO4)C2)cc(=O)n1C1CC1. The van der Waals surface area contributed by atoms with Crippen LogP contribution in [-0.2, 0) is 4.79 Å². The number of aromatic nitrogens is 1. The Morgan fingerprint density at radius 3 is 2.69 bits per heavy atom. The van der Waals surface area contributed by atoms with Crippen LogP contribution in [0.25, 0.3) is 6.08 Å². The van der Waals surface area contributed by atoms with Gasteiger partial charge in [-0.2, -0.15) is 0 Å². The van der Waals surface area contributed by atoms with Crippen molar-refractivity contribution < 1.29 is 19.0 Å². The zero-order chi connectivity index (χ0) is 20.0. The number of hydrogen-bond donors (Lipinski definition) is 0. The average Bonchev–Trinajstić information content (AvgIpc) is 3.37. The molecule has 2 fully saturated rings. The number of hydrogen-bond acceptors (Lipinski definition) is 5. The van der Waals surface area contributed by atoms with Gasteiger partial charge in [0.2, 0.25) is 12.7 Å². The summed E-state index contributed by atoms with van der Waals surface area (Å²) < 4.78 is 18.4. The molecule has 0 bridgehead atoms. The molecule has 0 radical (unpaired) electrons. The minimum Gasteiger partial charge on any atom is -0.486 e. The third-order valence-corrected chi connectivity index (χ3v) is 5.42. The lowest BCUT2D eigenvalue weighted by molar-refractivity contribution is -0.134. The predicted molar refractivity (Wildman–Crippen MR) is 106 cm³/mol. The monoisotopic (exact) mass is 394 g/mol. The number of aryl methyl sites for hydroxylation is 1. The molecule has 2 aromatic rings. The summed E-state index contributed by atoms with van der Waals surface area (Å²) >= 11 is 0. The molecule has 5 rings (SSSR count). The summed E-state index contributed by atoms with van der Waals surface area (Å²) in [5.41, 5.74) is 1.79. The van der Waals surface area contributed by atoms with Crippen LogP contribution in [0, 0.1) is 6.92 Å². The van der Waals surface area contributed by atoms with Crippen molar-refractivity contribution in [1.29, 1.82) is 0 Å². The van der Waals surface area contributed by atoms with Crippen LogP contribution in [0.15, 0.2) is 41.2 Å². The number of benzene rings is 1. The largest absolute Gasteiger partial charge is 0.486 e. The van der Waals surface area contributed by atoms with Crippen LogP contribution >= 0.6 is 0 Å². The molecule has 1 saturated heterocycles. The fraction of sp³-hybridized carbons (Fsp3) is 0.364. The van der Waals surface area contributed by atoms with E-state index in [9.17, 15) is 9.59 Å². The second-order valence-corrected chi connectivity index (χ2v) is 7.70. The van der Waals surface area contributed by atoms with E-state index in [1.165, 1.54) is 0 Å². The fourth-order valence-electron chi connectivity index (χ4n) is 3.73. The number of carbonyl (C=O) groups excluding carboxylic acids is 1. The molecule has 0 unspecified atom stereocenters. The molecule has 2 aliphatic heterocycles. The first-order valence-corrected chi connectivity index (χ1v) is 9.83. The van der Waals surface area contributed by atoms with Crippen molar-refractivity contribution in [3.05, 3.63) is 58.0 Å². The van der Waals surface area contributed by atoms with Crippen LogP contribution in [0.3, 0.4) is 0 Å². The first-order valence-electron chi connectivity index (χ1n) is 9.83. The van der Waals surface area contributed by atoms with Gasteiger partial charge in [-0.05, 0) is 49.6 Å². The van der Waals surface area contributed by atoms with Gasteiger partial charge >= 0.3 is 0 Å². The van der Waals surface area contributed by atoms with Gasteiger partial charge < -0.3 is 23.7 Å². The van der Waals surface area contributed by atoms with Gasteiger partial charge in [0.05, 0.1) is 13.1 Å². The second-order valence-electron chi connectivity index (χ2n) is 7.70. The number of pyridine rings is 1. The summed E-state index contributed by atoms with van der Waals surface area (Å²) in [6.45, 7) is 3.18. The van der Waals surface area contributed by atoms with E-state index in [-0.39, 0.29) is 24.4 Å². The number of carbonyl (C=O) groups is 1. The summed E-state index contributed by atoms with van der Waals surface area (Å²) in [7, 11) is 0. The molecule has 1 amide bonds. The maximum atomic E-state index is 12.3. The van der Waals surface area contributed by atoms with E-state index in [0.717, 1.165) is 29.8 Å². The predicted octanol–water partition coefficient (Wildman–Crippen LogP) is 2.52. The Kier molecular flexibility index (Phi) is 4.30. The van der Waals surface area contributed by atoms with Crippen molar-refractivity contribution in [2.24, 2.45) is 0 Å². The summed E-state index contributed by atoms with van der Waals surface area (Å²) in [4.78, 5) is 26.3. The van der Waals surface area contributed by atoms with E-state index in [4.69, 9.17) is 14.2 Å². The third kappa shape index (κ3) is 3.60. The molecule has 7 heteroatoms. The minimum atomic E-state index is -0.0894. The van der Waals surface area contributed by atoms with E-state index in [1.807, 2.05) is 35.8 Å². The second kappa shape index (κ2) is 6.99. The Morgan fingerprint density at radius 2 is 1.93 bits per heavy atom. The zero-order valence-electron chi connectivity index (χ0n) is 16.2. The van der Waals surface area contributed by atoms with E-state index in [2.05, 4.69) is 0 Å². The molecule has 29 heavy (non-hydrogen) atoms. The Balaban J connectivity index is 1.16. The molecule has 1 aliphatic carbocycles. The highest BCUT2D eigenvalue weighted by molar-refractivity contribution is 5.92. The minimum absolute atomic E-state index is 0.0126. The highest BCUT2D eigenvalue weighted by atomic mass is 16.7. The van der Waals surface area contributed by atoms with Gasteiger partial charge in [0.15, 0.2) is 11.5 Å². The lowest BCUT2D eigenvalue weighted by Gasteiger charge is -2.38. The highest BCUT2D eigenvalue weighted by Crippen LogP contribution is 2.35. The molecule has 1 aromatic heterocycles. The van der Waals surface area contributed by atoms with Crippen LogP contribution < -0.4 is 19.8 Å². The van der Waals surface area contributed by atoms with Crippen LogP contribution in [0.4, 0.5) is 0 Å². The lowest BCUT2D eigenvalue weighted by Crippen LogP contribution is -2.55. The maximum absolute atomic E-state index is 12.3. The van der Waals surface area contributed by atoms with Gasteiger partial charge in [0.25, 0.3) is 5.56 Å².